The van der Waals surface area contributed by atoms with Gasteiger partial charge >= 0.3 is 31.7 Å². The molecule has 0 unspecified atom stereocenters. The first-order valence-electron chi connectivity index (χ1n) is 7.10. The highest BCUT2D eigenvalue weighted by Crippen LogP contribution is 2.16. The highest BCUT2D eigenvalue weighted by atomic mass is 127. The van der Waals surface area contributed by atoms with E-state index in [2.05, 4.69) is 0 Å². The minimum absolute atomic E-state index is 0.190. The summed E-state index contributed by atoms with van der Waals surface area (Å²) in [5.41, 5.74) is 0.745. The molecule has 0 atom stereocenters. The van der Waals surface area contributed by atoms with E-state index in [4.69, 9.17) is 7.25 Å². The van der Waals surface area contributed by atoms with Crippen LogP contribution >= 0.6 is 0 Å². The molecule has 2 aromatic rings. The van der Waals surface area contributed by atoms with E-state index in [1.807, 2.05) is 52.0 Å². The Balaban J connectivity index is 2.01. The van der Waals surface area contributed by atoms with Crippen LogP contribution in [0.3, 0.4) is 0 Å². The molecule has 0 aliphatic carbocycles. The van der Waals surface area contributed by atoms with Crippen molar-refractivity contribution in [2.45, 2.75) is 38.2 Å². The average Bonchev–Trinajstić information content (AvgIpc) is 2.45. The Kier molecular flexibility index (Phi) is 5.70. The predicted octanol–water partition coefficient (Wildman–Crippen LogP) is 0.751. The Labute approximate surface area is 148 Å². The molecule has 0 aliphatic heterocycles. The van der Waals surface area contributed by atoms with Gasteiger partial charge in [0.25, 0.3) is 0 Å². The third-order valence-corrected chi connectivity index (χ3v) is 7.02. The van der Waals surface area contributed by atoms with Gasteiger partial charge in [0.05, 0.1) is 4.90 Å². The van der Waals surface area contributed by atoms with Crippen molar-refractivity contribution in [3.63, 3.8) is 0 Å². The predicted molar refractivity (Wildman–Crippen MR) is 85.0 cm³/mol. The molecular formula is C17H20IO4S+. The molecule has 0 spiro atoms. The zero-order valence-electron chi connectivity index (χ0n) is 13.5. The first-order valence-corrected chi connectivity index (χ1v) is 10.5. The lowest BCUT2D eigenvalue weighted by Gasteiger charge is -2.20. The number of hydrogen-bond acceptors (Lipinski definition) is 4. The summed E-state index contributed by atoms with van der Waals surface area (Å²) in [5.74, 6) is 0.756. The van der Waals surface area contributed by atoms with E-state index < -0.39 is 31.7 Å². The first kappa shape index (κ1) is 18.2. The zero-order chi connectivity index (χ0) is 17.1. The van der Waals surface area contributed by atoms with Crippen LogP contribution in [0.4, 0.5) is 0 Å². The van der Waals surface area contributed by atoms with Gasteiger partial charge in [-0.15, -0.1) is 0 Å². The van der Waals surface area contributed by atoms with Crippen LogP contribution < -0.4 is 26.4 Å². The van der Waals surface area contributed by atoms with E-state index in [1.54, 1.807) is 24.3 Å². The molecule has 0 aromatic heterocycles. The van der Waals surface area contributed by atoms with E-state index in [1.165, 1.54) is 0 Å². The molecule has 0 saturated heterocycles. The molecule has 4 nitrogen and oxygen atoms in total. The van der Waals surface area contributed by atoms with Gasteiger partial charge in [0.1, 0.15) is 11.4 Å². The molecule has 0 amide bonds. The molecule has 0 radical (unpaired) electrons. The third kappa shape index (κ3) is 5.78. The van der Waals surface area contributed by atoms with E-state index in [0.29, 0.717) is 0 Å². The summed E-state index contributed by atoms with van der Waals surface area (Å²) in [4.78, 5) is 0.190. The summed E-state index contributed by atoms with van der Waals surface area (Å²) in [6.45, 7) is 7.84. The Hall–Kier alpha value is -1.12. The van der Waals surface area contributed by atoms with E-state index >= 15 is 0 Å². The lowest BCUT2D eigenvalue weighted by molar-refractivity contribution is -0.837. The maximum atomic E-state index is 12.2. The van der Waals surface area contributed by atoms with E-state index in [9.17, 15) is 8.42 Å². The van der Waals surface area contributed by atoms with Gasteiger partial charge in [0.15, 0.2) is 0 Å². The Morgan fingerprint density at radius 2 is 1.48 bits per heavy atom. The van der Waals surface area contributed by atoms with Crippen molar-refractivity contribution in [1.29, 1.82) is 0 Å². The van der Waals surface area contributed by atoms with E-state index in [-0.39, 0.29) is 10.5 Å². The van der Waals surface area contributed by atoms with Crippen LogP contribution in [0.2, 0.25) is 0 Å². The number of hydrogen-bond donors (Lipinski definition) is 0. The second kappa shape index (κ2) is 7.19. The fourth-order valence-corrected chi connectivity index (χ4v) is 5.03. The van der Waals surface area contributed by atoms with Crippen molar-refractivity contribution < 1.29 is 37.3 Å². The smallest absolute Gasteiger partial charge is 0.488 e. The van der Waals surface area contributed by atoms with Crippen LogP contribution in [-0.4, -0.2) is 14.0 Å². The monoisotopic (exact) mass is 447 g/mol. The van der Waals surface area contributed by atoms with Gasteiger partial charge in [-0.2, -0.15) is 8.42 Å². The largest absolute Gasteiger partial charge is 0.540 e. The summed E-state index contributed by atoms with van der Waals surface area (Å²) in [6.07, 6.45) is 0. The van der Waals surface area contributed by atoms with E-state index in [0.717, 1.165) is 14.9 Å². The molecular weight excluding hydrogens is 427 g/mol. The molecule has 6 heteroatoms. The Morgan fingerprint density at radius 1 is 0.913 bits per heavy atom. The van der Waals surface area contributed by atoms with Gasteiger partial charge in [-0.1, -0.05) is 17.7 Å². The minimum atomic E-state index is -3.70. The van der Waals surface area contributed by atoms with Crippen LogP contribution in [0.15, 0.2) is 53.4 Å². The standard InChI is InChI=1S/C17H20IO4S/c1-13-5-11-16(12-6-13)23(19,20)22-18-14-7-9-15(10-8-14)21-17(2,3)4/h5-12H,1-4H3/q+1. The maximum absolute atomic E-state index is 12.2. The molecule has 0 saturated carbocycles. The number of aryl methyl sites for hydroxylation is 1. The van der Waals surface area contributed by atoms with Crippen LogP contribution in [0, 0.1) is 10.5 Å². The highest BCUT2D eigenvalue weighted by molar-refractivity contribution is 7.86. The minimum Gasteiger partial charge on any atom is -0.488 e. The SMILES string of the molecule is Cc1ccc(S(=O)(=O)O[I+]c2ccc(OC(C)(C)C)cc2)cc1. The van der Waals surface area contributed by atoms with Crippen molar-refractivity contribution in [1.82, 2.24) is 0 Å². The summed E-state index contributed by atoms with van der Waals surface area (Å²) >= 11 is -1.09. The van der Waals surface area contributed by atoms with Crippen molar-refractivity contribution in [2.24, 2.45) is 0 Å². The normalized spacial score (nSPS) is 12.2. The second-order valence-electron chi connectivity index (χ2n) is 6.08. The van der Waals surface area contributed by atoms with Crippen molar-refractivity contribution in [2.75, 3.05) is 0 Å². The molecule has 0 N–H and O–H groups in total. The lowest BCUT2D eigenvalue weighted by Crippen LogP contribution is -3.61. The fourth-order valence-electron chi connectivity index (χ4n) is 1.73. The Bertz CT molecular complexity index is 745. The maximum Gasteiger partial charge on any atom is 0.540 e. The second-order valence-corrected chi connectivity index (χ2v) is 10.3. The summed E-state index contributed by atoms with van der Waals surface area (Å²) in [5, 5.41) is 0. The highest BCUT2D eigenvalue weighted by Gasteiger charge is 2.27. The Morgan fingerprint density at radius 3 is 2.00 bits per heavy atom. The molecule has 0 aliphatic rings. The molecule has 0 fully saturated rings. The van der Waals surface area contributed by atoms with Crippen molar-refractivity contribution in [3.8, 4) is 5.75 Å². The number of ether oxygens (including phenoxy) is 1. The molecule has 0 bridgehead atoms. The first-order chi connectivity index (χ1) is 10.7. The summed E-state index contributed by atoms with van der Waals surface area (Å²) in [7, 11) is -3.70. The van der Waals surface area contributed by atoms with Gasteiger partial charge in [-0.3, -0.25) is 0 Å². The number of benzene rings is 2. The number of rotatable bonds is 5. The molecule has 2 rings (SSSR count). The summed E-state index contributed by atoms with van der Waals surface area (Å²) in [6, 6.07) is 14.0. The fraction of sp³-hybridized carbons (Fsp3) is 0.294. The van der Waals surface area contributed by atoms with Gasteiger partial charge < -0.3 is 4.74 Å². The molecule has 2 aromatic carbocycles. The molecule has 0 heterocycles. The third-order valence-electron chi connectivity index (χ3n) is 2.75. The van der Waals surface area contributed by atoms with Gasteiger partial charge in [0.2, 0.25) is 3.57 Å². The van der Waals surface area contributed by atoms with Gasteiger partial charge in [-0.05, 0) is 66.6 Å². The number of halogens is 1. The van der Waals surface area contributed by atoms with Crippen LogP contribution in [0.25, 0.3) is 0 Å². The molecule has 124 valence electrons. The average molecular weight is 447 g/mol. The lowest BCUT2D eigenvalue weighted by atomic mass is 10.2. The summed E-state index contributed by atoms with van der Waals surface area (Å²) < 4.78 is 36.1. The molecule has 23 heavy (non-hydrogen) atoms. The van der Waals surface area contributed by atoms with Crippen molar-refractivity contribution in [3.05, 3.63) is 57.7 Å². The van der Waals surface area contributed by atoms with Gasteiger partial charge in [0, 0.05) is 0 Å². The van der Waals surface area contributed by atoms with Gasteiger partial charge in [-0.25, -0.2) is 0 Å². The van der Waals surface area contributed by atoms with Crippen LogP contribution in [0.5, 0.6) is 5.75 Å². The van der Waals surface area contributed by atoms with Crippen LogP contribution in [0.1, 0.15) is 26.3 Å². The topological polar surface area (TPSA) is 52.6 Å². The zero-order valence-corrected chi connectivity index (χ0v) is 16.5. The van der Waals surface area contributed by atoms with Crippen molar-refractivity contribution >= 4 is 10.1 Å². The van der Waals surface area contributed by atoms with Crippen LogP contribution in [-0.2, 0) is 12.6 Å². The quantitative estimate of drug-likeness (QED) is 0.636.